The van der Waals surface area contributed by atoms with E-state index in [0.29, 0.717) is 12.8 Å². The van der Waals surface area contributed by atoms with E-state index in [2.05, 4.69) is 13.8 Å². The number of cyclic esters (lactones) is 3. The zero-order valence-corrected chi connectivity index (χ0v) is 23.7. The second-order valence-electron chi connectivity index (χ2n) is 10.5. The minimum absolute atomic E-state index is 0.00949. The van der Waals surface area contributed by atoms with Crippen LogP contribution in [0, 0.1) is 0 Å². The van der Waals surface area contributed by atoms with Gasteiger partial charge in [-0.3, -0.25) is 0 Å². The Morgan fingerprint density at radius 1 is 0.658 bits per heavy atom. The average molecular weight is 545 g/mol. The number of rotatable bonds is 21. The topological polar surface area (TPSA) is 140 Å². The highest BCUT2D eigenvalue weighted by Crippen LogP contribution is 2.32. The molecule has 9 heteroatoms. The molecule has 0 aromatic heterocycles. The molecule has 1 aliphatic rings. The molecule has 1 heterocycles. The molecule has 222 valence electrons. The van der Waals surface area contributed by atoms with E-state index in [1.807, 2.05) is 0 Å². The number of unbranched alkanes of at least 4 members (excludes halogenated alkanes) is 14. The Morgan fingerprint density at radius 2 is 1.11 bits per heavy atom. The summed E-state index contributed by atoms with van der Waals surface area (Å²) in [6.45, 7) is 2.60. The van der Waals surface area contributed by atoms with Gasteiger partial charge < -0.3 is 29.5 Å². The molecule has 1 saturated heterocycles. The van der Waals surface area contributed by atoms with Gasteiger partial charge in [-0.05, 0) is 12.8 Å². The molecule has 1 rings (SSSR count). The molecular formula is C29H52O9. The van der Waals surface area contributed by atoms with Crippen LogP contribution in [0.3, 0.4) is 0 Å². The van der Waals surface area contributed by atoms with Gasteiger partial charge in [-0.2, -0.15) is 0 Å². The summed E-state index contributed by atoms with van der Waals surface area (Å²) in [5.74, 6) is -3.35. The molecule has 0 spiro atoms. The van der Waals surface area contributed by atoms with Crippen molar-refractivity contribution in [3.8, 4) is 0 Å². The van der Waals surface area contributed by atoms with E-state index in [-0.39, 0.29) is 12.8 Å². The zero-order valence-electron chi connectivity index (χ0n) is 23.7. The first-order valence-electron chi connectivity index (χ1n) is 14.9. The van der Waals surface area contributed by atoms with Crippen molar-refractivity contribution in [3.05, 3.63) is 0 Å². The van der Waals surface area contributed by atoms with E-state index in [0.717, 1.165) is 57.8 Å². The Morgan fingerprint density at radius 3 is 1.61 bits per heavy atom. The second kappa shape index (κ2) is 20.2. The SMILES string of the molecule is CCCCCCCCCCCCC1(C(O)CCCCCCCC)OC(=O)C(CO)OC(=O)C(CO)OC1=O. The molecule has 1 aliphatic heterocycles. The van der Waals surface area contributed by atoms with E-state index in [1.165, 1.54) is 32.1 Å². The van der Waals surface area contributed by atoms with Crippen LogP contribution >= 0.6 is 0 Å². The van der Waals surface area contributed by atoms with Crippen molar-refractivity contribution in [2.45, 2.75) is 153 Å². The predicted molar refractivity (Wildman–Crippen MR) is 143 cm³/mol. The van der Waals surface area contributed by atoms with E-state index in [4.69, 9.17) is 14.2 Å². The Labute approximate surface area is 228 Å². The minimum Gasteiger partial charge on any atom is -0.445 e. The largest absolute Gasteiger partial charge is 0.445 e. The van der Waals surface area contributed by atoms with Crippen molar-refractivity contribution in [3.63, 3.8) is 0 Å². The summed E-state index contributed by atoms with van der Waals surface area (Å²) in [5.41, 5.74) is -2.05. The van der Waals surface area contributed by atoms with Gasteiger partial charge in [-0.1, -0.05) is 110 Å². The predicted octanol–water partition coefficient (Wildman–Crippen LogP) is 4.51. The van der Waals surface area contributed by atoms with Crippen molar-refractivity contribution < 1.29 is 43.9 Å². The van der Waals surface area contributed by atoms with Gasteiger partial charge in [0.15, 0.2) is 0 Å². The number of carbonyl (C=O) groups excluding carboxylic acids is 3. The number of hydrogen-bond acceptors (Lipinski definition) is 9. The highest BCUT2D eigenvalue weighted by Gasteiger charge is 2.53. The molecule has 0 bridgehead atoms. The molecule has 4 atom stereocenters. The van der Waals surface area contributed by atoms with Crippen LogP contribution in [0.5, 0.6) is 0 Å². The lowest BCUT2D eigenvalue weighted by molar-refractivity contribution is -0.203. The maximum Gasteiger partial charge on any atom is 0.354 e. The molecule has 9 nitrogen and oxygen atoms in total. The van der Waals surface area contributed by atoms with Crippen LogP contribution in [0.2, 0.25) is 0 Å². The number of hydrogen-bond donors (Lipinski definition) is 3. The van der Waals surface area contributed by atoms with Crippen molar-refractivity contribution in [1.29, 1.82) is 0 Å². The monoisotopic (exact) mass is 544 g/mol. The lowest BCUT2D eigenvalue weighted by atomic mass is 9.86. The minimum atomic E-state index is -2.05. The molecule has 0 aromatic carbocycles. The lowest BCUT2D eigenvalue weighted by Gasteiger charge is -2.35. The van der Waals surface area contributed by atoms with Crippen LogP contribution in [0.4, 0.5) is 0 Å². The van der Waals surface area contributed by atoms with Gasteiger partial charge in [0.1, 0.15) is 6.10 Å². The fraction of sp³-hybridized carbons (Fsp3) is 0.897. The van der Waals surface area contributed by atoms with Crippen molar-refractivity contribution >= 4 is 17.9 Å². The number of ether oxygens (including phenoxy) is 3. The van der Waals surface area contributed by atoms with E-state index >= 15 is 0 Å². The van der Waals surface area contributed by atoms with Crippen LogP contribution in [0.15, 0.2) is 0 Å². The third-order valence-corrected chi connectivity index (χ3v) is 7.26. The molecule has 3 N–H and O–H groups in total. The second-order valence-corrected chi connectivity index (χ2v) is 10.5. The molecule has 0 saturated carbocycles. The van der Waals surface area contributed by atoms with Crippen molar-refractivity contribution in [2.75, 3.05) is 13.2 Å². The highest BCUT2D eigenvalue weighted by molar-refractivity contribution is 5.90. The lowest BCUT2D eigenvalue weighted by Crippen LogP contribution is -2.55. The van der Waals surface area contributed by atoms with Gasteiger partial charge in [-0.15, -0.1) is 0 Å². The van der Waals surface area contributed by atoms with Crippen LogP contribution in [0.25, 0.3) is 0 Å². The molecule has 0 radical (unpaired) electrons. The first-order valence-corrected chi connectivity index (χ1v) is 14.9. The number of aliphatic hydroxyl groups is 3. The van der Waals surface area contributed by atoms with Gasteiger partial charge in [0.2, 0.25) is 17.8 Å². The van der Waals surface area contributed by atoms with E-state index in [9.17, 15) is 29.7 Å². The summed E-state index contributed by atoms with van der Waals surface area (Å²) in [4.78, 5) is 38.5. The van der Waals surface area contributed by atoms with Crippen molar-refractivity contribution in [1.82, 2.24) is 0 Å². The van der Waals surface area contributed by atoms with Gasteiger partial charge in [-0.25, -0.2) is 14.4 Å². The average Bonchev–Trinajstić information content (AvgIpc) is 2.94. The Balaban J connectivity index is 2.92. The molecule has 0 aliphatic carbocycles. The van der Waals surface area contributed by atoms with Gasteiger partial charge in [0.05, 0.1) is 13.2 Å². The third-order valence-electron chi connectivity index (χ3n) is 7.26. The smallest absolute Gasteiger partial charge is 0.354 e. The van der Waals surface area contributed by atoms with Crippen LogP contribution in [0.1, 0.15) is 129 Å². The summed E-state index contributed by atoms with van der Waals surface area (Å²) >= 11 is 0. The Hall–Kier alpha value is -1.71. The maximum absolute atomic E-state index is 13.4. The standard InChI is InChI=1S/C29H52O9/c1-3-5-7-9-11-12-13-14-16-18-20-29(25(32)19-17-15-10-8-6-4-2)28(35)37-23(21-30)26(33)36-24(22-31)27(34)38-29/h23-25,30-32H,3-22H2,1-2H3. The van der Waals surface area contributed by atoms with Crippen molar-refractivity contribution in [2.24, 2.45) is 0 Å². The van der Waals surface area contributed by atoms with Gasteiger partial charge >= 0.3 is 17.9 Å². The summed E-state index contributed by atoms with van der Waals surface area (Å²) in [5, 5.41) is 30.4. The van der Waals surface area contributed by atoms with Gasteiger partial charge in [0, 0.05) is 6.42 Å². The summed E-state index contributed by atoms with van der Waals surface area (Å²) < 4.78 is 15.7. The van der Waals surface area contributed by atoms with Gasteiger partial charge in [0.25, 0.3) is 0 Å². The molecule has 4 unspecified atom stereocenters. The van der Waals surface area contributed by atoms with E-state index in [1.54, 1.807) is 0 Å². The Bertz CT molecular complexity index is 666. The summed E-state index contributed by atoms with van der Waals surface area (Å²) in [6.07, 6.45) is 11.9. The fourth-order valence-corrected chi connectivity index (χ4v) is 4.80. The first-order chi connectivity index (χ1) is 18.4. The maximum atomic E-state index is 13.4. The molecule has 0 amide bonds. The molecule has 0 aromatic rings. The quantitative estimate of drug-likeness (QED) is 0.108. The van der Waals surface area contributed by atoms with Crippen LogP contribution < -0.4 is 0 Å². The Kier molecular flexibility index (Phi) is 18.3. The first kappa shape index (κ1) is 34.3. The highest BCUT2D eigenvalue weighted by atomic mass is 16.7. The van der Waals surface area contributed by atoms with Crippen LogP contribution in [-0.2, 0) is 28.6 Å². The molecule has 1 fully saturated rings. The summed E-state index contributed by atoms with van der Waals surface area (Å²) in [6, 6.07) is 0. The number of carbonyl (C=O) groups is 3. The summed E-state index contributed by atoms with van der Waals surface area (Å²) in [7, 11) is 0. The normalized spacial score (nSPS) is 23.1. The molecular weight excluding hydrogens is 492 g/mol. The van der Waals surface area contributed by atoms with E-state index < -0.39 is 55.0 Å². The third kappa shape index (κ3) is 12.0. The molecule has 38 heavy (non-hydrogen) atoms. The zero-order chi connectivity index (χ0) is 28.2. The number of esters is 3. The fourth-order valence-electron chi connectivity index (χ4n) is 4.80. The number of aliphatic hydroxyl groups excluding tert-OH is 3. The van der Waals surface area contributed by atoms with Crippen LogP contribution in [-0.4, -0.2) is 70.4 Å².